The Morgan fingerprint density at radius 2 is 2.00 bits per heavy atom. The third-order valence-electron chi connectivity index (χ3n) is 3.63. The minimum atomic E-state index is -0.203. The van der Waals surface area contributed by atoms with E-state index < -0.39 is 0 Å². The largest absolute Gasteiger partial charge is 0.496 e. The molecule has 0 fully saturated rings. The lowest BCUT2D eigenvalue weighted by Gasteiger charge is -2.36. The molecule has 0 heterocycles. The van der Waals surface area contributed by atoms with Gasteiger partial charge in [0.1, 0.15) is 5.75 Å². The summed E-state index contributed by atoms with van der Waals surface area (Å²) in [6, 6.07) is 8.06. The van der Waals surface area contributed by atoms with Crippen molar-refractivity contribution in [2.45, 2.75) is 25.3 Å². The molecule has 17 heavy (non-hydrogen) atoms. The summed E-state index contributed by atoms with van der Waals surface area (Å²) in [4.78, 5) is 0. The molecule has 2 atom stereocenters. The van der Waals surface area contributed by atoms with Crippen LogP contribution in [0.1, 0.15) is 19.4 Å². The Kier molecular flexibility index (Phi) is 3.07. The van der Waals surface area contributed by atoms with Gasteiger partial charge in [-0.25, -0.2) is 0 Å². The number of ether oxygens (including phenoxy) is 1. The maximum atomic E-state index is 6.34. The molecule has 2 rings (SSSR count). The number of benzene rings is 1. The van der Waals surface area contributed by atoms with Crippen LogP contribution in [0.5, 0.6) is 5.75 Å². The first-order valence-corrected chi connectivity index (χ1v) is 5.84. The summed E-state index contributed by atoms with van der Waals surface area (Å²) in [5.41, 5.74) is 8.47. The smallest absolute Gasteiger partial charge is 0.122 e. The summed E-state index contributed by atoms with van der Waals surface area (Å²) in [6.07, 6.45) is 6.30. The van der Waals surface area contributed by atoms with Crippen LogP contribution < -0.4 is 10.5 Å². The van der Waals surface area contributed by atoms with Gasteiger partial charge in [0.15, 0.2) is 0 Å². The molecule has 0 aliphatic heterocycles. The third kappa shape index (κ3) is 1.89. The van der Waals surface area contributed by atoms with Crippen LogP contribution in [0.15, 0.2) is 48.1 Å². The van der Waals surface area contributed by atoms with Gasteiger partial charge in [0.2, 0.25) is 0 Å². The van der Waals surface area contributed by atoms with Crippen LogP contribution >= 0.6 is 0 Å². The second-order valence-corrected chi connectivity index (χ2v) is 4.73. The molecule has 0 aromatic heterocycles. The number of hydrogen-bond donors (Lipinski definition) is 1. The highest BCUT2D eigenvalue weighted by Crippen LogP contribution is 2.38. The number of rotatable bonds is 2. The molecule has 1 aliphatic rings. The minimum absolute atomic E-state index is 0.0104. The summed E-state index contributed by atoms with van der Waals surface area (Å²) in [5, 5.41) is 0. The average molecular weight is 229 g/mol. The zero-order valence-corrected chi connectivity index (χ0v) is 10.6. The number of hydrogen-bond acceptors (Lipinski definition) is 2. The molecular formula is C15H19NO. The lowest BCUT2D eigenvalue weighted by atomic mass is 9.71. The molecule has 2 unspecified atom stereocenters. The van der Waals surface area contributed by atoms with Crippen LogP contribution in [0.4, 0.5) is 0 Å². The molecule has 90 valence electrons. The van der Waals surface area contributed by atoms with Crippen molar-refractivity contribution in [2.24, 2.45) is 5.73 Å². The van der Waals surface area contributed by atoms with Gasteiger partial charge in [-0.1, -0.05) is 48.9 Å². The Morgan fingerprint density at radius 1 is 1.29 bits per heavy atom. The van der Waals surface area contributed by atoms with Crippen molar-refractivity contribution in [1.82, 2.24) is 0 Å². The van der Waals surface area contributed by atoms with Crippen molar-refractivity contribution < 1.29 is 4.74 Å². The van der Waals surface area contributed by atoms with Crippen LogP contribution in [0.2, 0.25) is 0 Å². The summed E-state index contributed by atoms with van der Waals surface area (Å²) in [6.45, 7) is 4.23. The highest BCUT2D eigenvalue weighted by molar-refractivity contribution is 5.48. The summed E-state index contributed by atoms with van der Waals surface area (Å²) in [7, 11) is 1.70. The lowest BCUT2D eigenvalue weighted by Crippen LogP contribution is -2.44. The van der Waals surface area contributed by atoms with Crippen LogP contribution in [-0.4, -0.2) is 13.2 Å². The molecule has 0 saturated heterocycles. The van der Waals surface area contributed by atoms with Gasteiger partial charge in [0.05, 0.1) is 7.11 Å². The fraction of sp³-hybridized carbons (Fsp3) is 0.333. The van der Waals surface area contributed by atoms with Gasteiger partial charge in [0, 0.05) is 17.0 Å². The molecule has 2 heteroatoms. The average Bonchev–Trinajstić information content (AvgIpc) is 2.36. The van der Waals surface area contributed by atoms with Crippen LogP contribution in [0, 0.1) is 0 Å². The van der Waals surface area contributed by atoms with E-state index in [-0.39, 0.29) is 11.5 Å². The quantitative estimate of drug-likeness (QED) is 0.846. The van der Waals surface area contributed by atoms with Crippen molar-refractivity contribution in [3.05, 3.63) is 53.6 Å². The predicted octanol–water partition coefficient (Wildman–Crippen LogP) is 2.80. The SMILES string of the molecule is COc1ccccc1C1(C)C=CC=C(C)C1N. The van der Waals surface area contributed by atoms with Gasteiger partial charge < -0.3 is 10.5 Å². The van der Waals surface area contributed by atoms with Gasteiger partial charge in [0.25, 0.3) is 0 Å². The fourth-order valence-corrected chi connectivity index (χ4v) is 2.43. The van der Waals surface area contributed by atoms with Crippen molar-refractivity contribution in [3.63, 3.8) is 0 Å². The first-order valence-electron chi connectivity index (χ1n) is 5.84. The molecule has 2 nitrogen and oxygen atoms in total. The Morgan fingerprint density at radius 3 is 2.71 bits per heavy atom. The van der Waals surface area contributed by atoms with E-state index in [0.29, 0.717) is 0 Å². The van der Waals surface area contributed by atoms with Gasteiger partial charge >= 0.3 is 0 Å². The van der Waals surface area contributed by atoms with Gasteiger partial charge in [-0.05, 0) is 13.0 Å². The van der Waals surface area contributed by atoms with E-state index in [4.69, 9.17) is 10.5 Å². The molecule has 0 radical (unpaired) electrons. The lowest BCUT2D eigenvalue weighted by molar-refractivity contribution is 0.391. The number of para-hydroxylation sites is 1. The molecular weight excluding hydrogens is 210 g/mol. The summed E-state index contributed by atoms with van der Waals surface area (Å²) in [5.74, 6) is 0.893. The topological polar surface area (TPSA) is 35.2 Å². The highest BCUT2D eigenvalue weighted by Gasteiger charge is 2.35. The molecule has 1 aromatic rings. The third-order valence-corrected chi connectivity index (χ3v) is 3.63. The second kappa shape index (κ2) is 4.38. The Hall–Kier alpha value is -1.54. The van der Waals surface area contributed by atoms with Gasteiger partial charge in [-0.15, -0.1) is 0 Å². The van der Waals surface area contributed by atoms with Gasteiger partial charge in [-0.3, -0.25) is 0 Å². The van der Waals surface area contributed by atoms with Crippen molar-refractivity contribution in [2.75, 3.05) is 7.11 Å². The second-order valence-electron chi connectivity index (χ2n) is 4.73. The number of methoxy groups -OCH3 is 1. The zero-order valence-electron chi connectivity index (χ0n) is 10.6. The van der Waals surface area contributed by atoms with Crippen LogP contribution in [0.3, 0.4) is 0 Å². The van der Waals surface area contributed by atoms with E-state index in [1.54, 1.807) is 7.11 Å². The summed E-state index contributed by atoms with van der Waals surface area (Å²) < 4.78 is 5.44. The maximum absolute atomic E-state index is 6.34. The van der Waals surface area contributed by atoms with Crippen molar-refractivity contribution >= 4 is 0 Å². The Balaban J connectivity index is 2.52. The van der Waals surface area contributed by atoms with E-state index in [9.17, 15) is 0 Å². The standard InChI is InChI=1S/C15H19NO/c1-11-7-6-10-15(2,14(11)16)12-8-4-5-9-13(12)17-3/h4-10,14H,16H2,1-3H3. The maximum Gasteiger partial charge on any atom is 0.122 e. The minimum Gasteiger partial charge on any atom is -0.496 e. The van der Waals surface area contributed by atoms with E-state index in [2.05, 4.69) is 38.1 Å². The highest BCUT2D eigenvalue weighted by atomic mass is 16.5. The first-order chi connectivity index (χ1) is 8.09. The normalized spacial score (nSPS) is 27.8. The molecule has 2 N–H and O–H groups in total. The molecule has 0 amide bonds. The zero-order chi connectivity index (χ0) is 12.5. The van der Waals surface area contributed by atoms with E-state index in [1.165, 1.54) is 5.57 Å². The number of nitrogens with two attached hydrogens (primary N) is 1. The molecule has 0 bridgehead atoms. The van der Waals surface area contributed by atoms with Crippen molar-refractivity contribution in [1.29, 1.82) is 0 Å². The van der Waals surface area contributed by atoms with E-state index in [0.717, 1.165) is 11.3 Å². The van der Waals surface area contributed by atoms with E-state index >= 15 is 0 Å². The molecule has 0 spiro atoms. The first kappa shape index (κ1) is 11.9. The van der Waals surface area contributed by atoms with E-state index in [1.807, 2.05) is 18.2 Å². The monoisotopic (exact) mass is 229 g/mol. The Labute approximate surface area is 103 Å². The van der Waals surface area contributed by atoms with Crippen LogP contribution in [0.25, 0.3) is 0 Å². The molecule has 1 aliphatic carbocycles. The van der Waals surface area contributed by atoms with Gasteiger partial charge in [-0.2, -0.15) is 0 Å². The fourth-order valence-electron chi connectivity index (χ4n) is 2.43. The number of allylic oxidation sites excluding steroid dienone is 2. The van der Waals surface area contributed by atoms with Crippen LogP contribution in [-0.2, 0) is 5.41 Å². The Bertz CT molecular complexity index is 476. The predicted molar refractivity (Wildman–Crippen MR) is 71.2 cm³/mol. The summed E-state index contributed by atoms with van der Waals surface area (Å²) >= 11 is 0. The molecule has 0 saturated carbocycles. The van der Waals surface area contributed by atoms with Crippen molar-refractivity contribution in [3.8, 4) is 5.75 Å². The molecule has 1 aromatic carbocycles.